The molecule has 2 bridgehead atoms. The van der Waals surface area contributed by atoms with Crippen LogP contribution in [0.5, 0.6) is 5.75 Å². The molecule has 2 heterocycles. The van der Waals surface area contributed by atoms with Crippen LogP contribution in [-0.2, 0) is 11.2 Å². The highest BCUT2D eigenvalue weighted by molar-refractivity contribution is 5.94. The second-order valence-corrected chi connectivity index (χ2v) is 10.6. The summed E-state index contributed by atoms with van der Waals surface area (Å²) in [5.41, 5.74) is 5.50. The third kappa shape index (κ3) is 6.09. The number of hydrogen-bond acceptors (Lipinski definition) is 5. The van der Waals surface area contributed by atoms with E-state index in [1.807, 2.05) is 55.1 Å². The van der Waals surface area contributed by atoms with Gasteiger partial charge in [0.1, 0.15) is 18.1 Å². The Morgan fingerprint density at radius 3 is 2.71 bits per heavy atom. The van der Waals surface area contributed by atoms with Gasteiger partial charge in [0.2, 0.25) is 5.91 Å². The van der Waals surface area contributed by atoms with Crippen molar-refractivity contribution in [3.8, 4) is 16.9 Å². The molecule has 1 saturated carbocycles. The van der Waals surface area contributed by atoms with Crippen molar-refractivity contribution >= 4 is 11.8 Å². The predicted molar refractivity (Wildman–Crippen MR) is 146 cm³/mol. The number of carbonyl (C=O) groups is 2. The van der Waals surface area contributed by atoms with Crippen molar-refractivity contribution in [2.45, 2.75) is 58.8 Å². The highest BCUT2D eigenvalue weighted by Crippen LogP contribution is 2.33. The largest absolute Gasteiger partial charge is 0.491 e. The second-order valence-electron chi connectivity index (χ2n) is 10.6. The van der Waals surface area contributed by atoms with Crippen LogP contribution in [0.15, 0.2) is 47.0 Å². The van der Waals surface area contributed by atoms with Crippen LogP contribution in [-0.4, -0.2) is 48.1 Å². The van der Waals surface area contributed by atoms with E-state index in [9.17, 15) is 9.59 Å². The number of carbonyl (C=O) groups excluding carboxylic acids is 2. The van der Waals surface area contributed by atoms with E-state index < -0.39 is 0 Å². The number of rotatable bonds is 4. The highest BCUT2D eigenvalue weighted by atomic mass is 16.5. The molecule has 1 N–H and O–H groups in total. The average molecular weight is 516 g/mol. The minimum absolute atomic E-state index is 0.122. The smallest absolute Gasteiger partial charge is 0.251 e. The lowest BCUT2D eigenvalue weighted by Crippen LogP contribution is -2.40. The van der Waals surface area contributed by atoms with Gasteiger partial charge < -0.3 is 19.5 Å². The Kier molecular flexibility index (Phi) is 8.11. The third-order valence-electron chi connectivity index (χ3n) is 7.85. The molecule has 38 heavy (non-hydrogen) atoms. The topological polar surface area (TPSA) is 84.7 Å². The van der Waals surface area contributed by atoms with Gasteiger partial charge in [-0.25, -0.2) is 0 Å². The van der Waals surface area contributed by atoms with Crippen LogP contribution < -0.4 is 10.1 Å². The summed E-state index contributed by atoms with van der Waals surface area (Å²) in [6.45, 7) is 5.61. The molecule has 0 radical (unpaired) electrons. The molecule has 1 aliphatic heterocycles. The van der Waals surface area contributed by atoms with Crippen LogP contribution in [0.3, 0.4) is 0 Å². The summed E-state index contributed by atoms with van der Waals surface area (Å²) in [6.07, 6.45) is 7.14. The van der Waals surface area contributed by atoms with Crippen molar-refractivity contribution in [1.29, 1.82) is 0 Å². The molecule has 2 aromatic carbocycles. The summed E-state index contributed by atoms with van der Waals surface area (Å²) in [5.74, 6) is 2.24. The Hall–Kier alpha value is -3.61. The minimum Gasteiger partial charge on any atom is -0.491 e. The van der Waals surface area contributed by atoms with Gasteiger partial charge >= 0.3 is 0 Å². The van der Waals surface area contributed by atoms with E-state index in [0.29, 0.717) is 50.6 Å². The Bertz CT molecular complexity index is 1270. The van der Waals surface area contributed by atoms with Crippen molar-refractivity contribution in [3.63, 3.8) is 0 Å². The molecule has 1 fully saturated rings. The number of aryl methyl sites for hydroxylation is 2. The first-order valence-electron chi connectivity index (χ1n) is 13.8. The zero-order valence-corrected chi connectivity index (χ0v) is 22.4. The molecule has 200 valence electrons. The van der Waals surface area contributed by atoms with Gasteiger partial charge in [-0.3, -0.25) is 9.59 Å². The number of hydrogen-bond donors (Lipinski definition) is 1. The van der Waals surface area contributed by atoms with Crippen LogP contribution in [0.1, 0.15) is 71.5 Å². The Morgan fingerprint density at radius 1 is 1.08 bits per heavy atom. The fourth-order valence-corrected chi connectivity index (χ4v) is 5.77. The number of nitrogens with one attached hydrogen (secondary N) is 1. The van der Waals surface area contributed by atoms with Gasteiger partial charge in [-0.1, -0.05) is 49.0 Å². The van der Waals surface area contributed by atoms with E-state index >= 15 is 0 Å². The van der Waals surface area contributed by atoms with Crippen LogP contribution in [0.2, 0.25) is 0 Å². The van der Waals surface area contributed by atoms with E-state index in [4.69, 9.17) is 9.26 Å². The zero-order chi connectivity index (χ0) is 26.5. The van der Waals surface area contributed by atoms with Gasteiger partial charge in [-0.2, -0.15) is 0 Å². The zero-order valence-electron chi connectivity index (χ0n) is 22.4. The van der Waals surface area contributed by atoms with E-state index in [0.717, 1.165) is 45.9 Å². The SMILES string of the molecule is Cc1noc(C)c1-c1ccc2c(c1)Cc1cccc(c1)C(=O)NCCN(C(=O)CCC1CCCC1)CCO2. The molecule has 0 unspecified atom stereocenters. The van der Waals surface area contributed by atoms with Crippen molar-refractivity contribution in [2.24, 2.45) is 5.92 Å². The minimum atomic E-state index is -0.122. The quantitative estimate of drug-likeness (QED) is 0.498. The van der Waals surface area contributed by atoms with Crippen LogP contribution in [0.25, 0.3) is 11.1 Å². The van der Waals surface area contributed by atoms with Gasteiger partial charge in [-0.05, 0) is 67.1 Å². The second kappa shape index (κ2) is 11.8. The molecule has 0 atom stereocenters. The summed E-state index contributed by atoms with van der Waals surface area (Å²) in [5, 5.41) is 7.11. The normalized spacial score (nSPS) is 16.9. The van der Waals surface area contributed by atoms with E-state index in [1.165, 1.54) is 25.7 Å². The molecule has 3 aromatic rings. The van der Waals surface area contributed by atoms with Crippen LogP contribution >= 0.6 is 0 Å². The molecule has 1 aromatic heterocycles. The molecular formula is C31H37N3O4. The first-order chi connectivity index (χ1) is 18.5. The fourth-order valence-electron chi connectivity index (χ4n) is 5.77. The van der Waals surface area contributed by atoms with Crippen molar-refractivity contribution in [3.05, 3.63) is 70.6 Å². The molecule has 7 heteroatoms. The summed E-state index contributed by atoms with van der Waals surface area (Å²) in [7, 11) is 0. The van der Waals surface area contributed by atoms with Crippen molar-refractivity contribution < 1.29 is 18.8 Å². The van der Waals surface area contributed by atoms with Crippen molar-refractivity contribution in [1.82, 2.24) is 15.4 Å². The van der Waals surface area contributed by atoms with E-state index in [-0.39, 0.29) is 11.8 Å². The number of ether oxygens (including phenoxy) is 1. The molecule has 0 saturated heterocycles. The first-order valence-corrected chi connectivity index (χ1v) is 13.8. The lowest BCUT2D eigenvalue weighted by atomic mass is 9.96. The molecular weight excluding hydrogens is 478 g/mol. The molecule has 7 nitrogen and oxygen atoms in total. The predicted octanol–water partition coefficient (Wildman–Crippen LogP) is 5.47. The number of aromatic nitrogens is 1. The third-order valence-corrected chi connectivity index (χ3v) is 7.85. The lowest BCUT2D eigenvalue weighted by molar-refractivity contribution is -0.131. The molecule has 2 amide bonds. The molecule has 2 aliphatic rings. The first kappa shape index (κ1) is 26.0. The van der Waals surface area contributed by atoms with Gasteiger partial charge in [0.15, 0.2) is 0 Å². The van der Waals surface area contributed by atoms with E-state index in [1.54, 1.807) is 0 Å². The summed E-state index contributed by atoms with van der Waals surface area (Å²) < 4.78 is 11.7. The fraction of sp³-hybridized carbons (Fsp3) is 0.452. The maximum Gasteiger partial charge on any atom is 0.251 e. The standard InChI is InChI=1S/C31H37N3O4/c1-21-30(22(2)38-33-21)25-11-12-28-27(20-25)19-24-8-5-9-26(18-24)31(36)32-14-15-34(16-17-37-28)29(35)13-10-23-6-3-4-7-23/h5,8-9,11-12,18,20,23H,3-4,6-7,10,13-17,19H2,1-2H3,(H,32,36). The van der Waals surface area contributed by atoms with Crippen LogP contribution in [0.4, 0.5) is 0 Å². The van der Waals surface area contributed by atoms with Gasteiger partial charge in [-0.15, -0.1) is 0 Å². The number of amides is 2. The summed E-state index contributed by atoms with van der Waals surface area (Å²) >= 11 is 0. The Labute approximate surface area is 224 Å². The summed E-state index contributed by atoms with van der Waals surface area (Å²) in [6, 6.07) is 13.8. The maximum atomic E-state index is 13.1. The van der Waals surface area contributed by atoms with Gasteiger partial charge in [0.25, 0.3) is 5.91 Å². The average Bonchev–Trinajstić information content (AvgIpc) is 3.56. The maximum absolute atomic E-state index is 13.1. The van der Waals surface area contributed by atoms with Crippen molar-refractivity contribution in [2.75, 3.05) is 26.2 Å². The van der Waals surface area contributed by atoms with Gasteiger partial charge in [0, 0.05) is 37.1 Å². The number of nitrogens with zero attached hydrogens (tertiary/aromatic N) is 2. The number of fused-ring (bicyclic) bond motifs is 3. The van der Waals surface area contributed by atoms with E-state index in [2.05, 4.69) is 16.5 Å². The molecule has 1 aliphatic carbocycles. The van der Waals surface area contributed by atoms with Gasteiger partial charge in [0.05, 0.1) is 12.2 Å². The molecule has 0 spiro atoms. The Balaban J connectivity index is 1.40. The molecule has 5 rings (SSSR count). The number of benzene rings is 2. The highest BCUT2D eigenvalue weighted by Gasteiger charge is 2.21. The summed E-state index contributed by atoms with van der Waals surface area (Å²) in [4.78, 5) is 27.9. The lowest BCUT2D eigenvalue weighted by Gasteiger charge is -2.24. The van der Waals surface area contributed by atoms with Crippen LogP contribution in [0, 0.1) is 19.8 Å². The monoisotopic (exact) mass is 515 g/mol. The Morgan fingerprint density at radius 2 is 1.92 bits per heavy atom.